The Kier molecular flexibility index (Phi) is 4.29. The quantitative estimate of drug-likeness (QED) is 0.787. The summed E-state index contributed by atoms with van der Waals surface area (Å²) in [5.41, 5.74) is 0. The van der Waals surface area contributed by atoms with Gasteiger partial charge in [-0.1, -0.05) is 25.7 Å². The fourth-order valence-electron chi connectivity index (χ4n) is 4.36. The van der Waals surface area contributed by atoms with Crippen LogP contribution in [0.25, 0.3) is 0 Å². The fourth-order valence-corrected chi connectivity index (χ4v) is 4.36. The summed E-state index contributed by atoms with van der Waals surface area (Å²) in [7, 11) is 0. The second-order valence-electron chi connectivity index (χ2n) is 6.99. The van der Waals surface area contributed by atoms with Gasteiger partial charge in [0.05, 0.1) is 12.5 Å². The van der Waals surface area contributed by atoms with Crippen LogP contribution in [0.4, 0.5) is 0 Å². The first kappa shape index (κ1) is 13.9. The van der Waals surface area contributed by atoms with Gasteiger partial charge in [-0.15, -0.1) is 0 Å². The van der Waals surface area contributed by atoms with Crippen molar-refractivity contribution in [1.29, 1.82) is 5.26 Å². The molecule has 110 valence electrons. The lowest BCUT2D eigenvalue weighted by Gasteiger charge is -2.40. The minimum atomic E-state index is 0.258. The summed E-state index contributed by atoms with van der Waals surface area (Å²) in [5.74, 6) is 2.34. The number of nitriles is 1. The Morgan fingerprint density at radius 2 is 1.80 bits per heavy atom. The van der Waals surface area contributed by atoms with Crippen molar-refractivity contribution in [3.05, 3.63) is 0 Å². The van der Waals surface area contributed by atoms with Crippen molar-refractivity contribution in [2.75, 3.05) is 6.54 Å². The zero-order valence-electron chi connectivity index (χ0n) is 12.4. The Bertz CT molecular complexity index is 396. The zero-order valence-corrected chi connectivity index (χ0v) is 12.4. The molecule has 0 heterocycles. The average molecular weight is 274 g/mol. The molecule has 3 saturated carbocycles. The number of rotatable bonds is 4. The fraction of sp³-hybridized carbons (Fsp3) is 0.882. The molecule has 0 radical (unpaired) electrons. The minimum Gasteiger partial charge on any atom is -0.338 e. The molecule has 0 bridgehead atoms. The van der Waals surface area contributed by atoms with Crippen molar-refractivity contribution in [3.63, 3.8) is 0 Å². The molecule has 3 aliphatic carbocycles. The monoisotopic (exact) mass is 274 g/mol. The average Bonchev–Trinajstić information content (AvgIpc) is 3.32. The molecule has 0 aromatic rings. The van der Waals surface area contributed by atoms with E-state index in [2.05, 4.69) is 6.07 Å². The summed E-state index contributed by atoms with van der Waals surface area (Å²) in [6, 6.07) is 2.65. The van der Waals surface area contributed by atoms with Gasteiger partial charge in [0.2, 0.25) is 5.91 Å². The Morgan fingerprint density at radius 1 is 1.05 bits per heavy atom. The molecule has 3 aliphatic rings. The van der Waals surface area contributed by atoms with E-state index >= 15 is 0 Å². The van der Waals surface area contributed by atoms with Crippen molar-refractivity contribution in [2.45, 2.75) is 70.3 Å². The number of fused-ring (bicyclic) bond motifs is 1. The van der Waals surface area contributed by atoms with Gasteiger partial charge in [-0.25, -0.2) is 0 Å². The molecule has 0 saturated heterocycles. The molecule has 0 aromatic heterocycles. The van der Waals surface area contributed by atoms with Crippen LogP contribution in [0.3, 0.4) is 0 Å². The van der Waals surface area contributed by atoms with Crippen LogP contribution >= 0.6 is 0 Å². The van der Waals surface area contributed by atoms with Crippen LogP contribution < -0.4 is 0 Å². The maximum atomic E-state index is 12.8. The molecule has 3 heteroatoms. The van der Waals surface area contributed by atoms with Crippen LogP contribution in [0.1, 0.15) is 64.2 Å². The van der Waals surface area contributed by atoms with Crippen molar-refractivity contribution >= 4 is 5.91 Å². The Hall–Kier alpha value is -1.04. The Morgan fingerprint density at radius 3 is 2.50 bits per heavy atom. The summed E-state index contributed by atoms with van der Waals surface area (Å²) >= 11 is 0. The Labute approximate surface area is 122 Å². The largest absolute Gasteiger partial charge is 0.338 e. The maximum Gasteiger partial charge on any atom is 0.225 e. The highest BCUT2D eigenvalue weighted by Gasteiger charge is 2.40. The molecule has 1 amide bonds. The van der Waals surface area contributed by atoms with E-state index in [-0.39, 0.29) is 5.92 Å². The first-order chi connectivity index (χ1) is 9.79. The molecule has 3 unspecified atom stereocenters. The second-order valence-corrected chi connectivity index (χ2v) is 6.99. The van der Waals surface area contributed by atoms with Gasteiger partial charge in [0.25, 0.3) is 0 Å². The van der Waals surface area contributed by atoms with Gasteiger partial charge in [-0.3, -0.25) is 4.79 Å². The van der Waals surface area contributed by atoms with Gasteiger partial charge in [0.1, 0.15) is 0 Å². The molecule has 0 aliphatic heterocycles. The van der Waals surface area contributed by atoms with Gasteiger partial charge < -0.3 is 4.90 Å². The van der Waals surface area contributed by atoms with Crippen LogP contribution in [0.15, 0.2) is 0 Å². The molecule has 0 spiro atoms. The molecule has 3 atom stereocenters. The Balaban J connectivity index is 1.59. The summed E-state index contributed by atoms with van der Waals surface area (Å²) < 4.78 is 0. The van der Waals surface area contributed by atoms with E-state index in [1.54, 1.807) is 0 Å². The highest BCUT2D eigenvalue weighted by molar-refractivity contribution is 5.79. The lowest BCUT2D eigenvalue weighted by molar-refractivity contribution is -0.138. The van der Waals surface area contributed by atoms with Crippen LogP contribution in [0.2, 0.25) is 0 Å². The summed E-state index contributed by atoms with van der Waals surface area (Å²) in [6.45, 7) is 0.657. The second kappa shape index (κ2) is 6.16. The van der Waals surface area contributed by atoms with Gasteiger partial charge in [0, 0.05) is 18.5 Å². The van der Waals surface area contributed by atoms with Crippen LogP contribution in [-0.4, -0.2) is 23.4 Å². The molecule has 20 heavy (non-hydrogen) atoms. The number of hydrogen-bond acceptors (Lipinski definition) is 2. The van der Waals surface area contributed by atoms with Gasteiger partial charge >= 0.3 is 0 Å². The van der Waals surface area contributed by atoms with E-state index in [1.165, 1.54) is 32.1 Å². The molecule has 0 aromatic carbocycles. The van der Waals surface area contributed by atoms with E-state index in [1.807, 2.05) is 4.90 Å². The summed E-state index contributed by atoms with van der Waals surface area (Å²) in [4.78, 5) is 14.8. The minimum absolute atomic E-state index is 0.258. The van der Waals surface area contributed by atoms with E-state index in [0.717, 1.165) is 37.5 Å². The molecular weight excluding hydrogens is 248 g/mol. The van der Waals surface area contributed by atoms with Crippen molar-refractivity contribution < 1.29 is 4.79 Å². The highest BCUT2D eigenvalue weighted by Crippen LogP contribution is 2.43. The number of nitrogens with zero attached hydrogens (tertiary/aromatic N) is 2. The maximum absolute atomic E-state index is 12.8. The third kappa shape index (κ3) is 3.00. The molecule has 3 nitrogen and oxygen atoms in total. The summed E-state index contributed by atoms with van der Waals surface area (Å²) in [5, 5.41) is 8.78. The topological polar surface area (TPSA) is 44.1 Å². The van der Waals surface area contributed by atoms with Gasteiger partial charge in [-0.2, -0.15) is 5.26 Å². The van der Waals surface area contributed by atoms with Gasteiger partial charge in [-0.05, 0) is 43.9 Å². The van der Waals surface area contributed by atoms with E-state index in [4.69, 9.17) is 5.26 Å². The molecule has 3 rings (SSSR count). The van der Waals surface area contributed by atoms with E-state index < -0.39 is 0 Å². The normalized spacial score (nSPS) is 33.0. The predicted octanol–water partition coefficient (Wildman–Crippen LogP) is 3.50. The van der Waals surface area contributed by atoms with E-state index in [0.29, 0.717) is 24.9 Å². The van der Waals surface area contributed by atoms with Crippen LogP contribution in [0.5, 0.6) is 0 Å². The van der Waals surface area contributed by atoms with Crippen molar-refractivity contribution in [3.8, 4) is 6.07 Å². The van der Waals surface area contributed by atoms with Crippen molar-refractivity contribution in [2.24, 2.45) is 17.8 Å². The lowest BCUT2D eigenvalue weighted by atomic mass is 9.67. The zero-order chi connectivity index (χ0) is 13.9. The number of hydrogen-bond donors (Lipinski definition) is 0. The smallest absolute Gasteiger partial charge is 0.225 e. The standard InChI is InChI=1S/C17H26N2O/c18-10-3-11-19(16-8-9-16)17(20)15-7-6-13-4-1-2-5-14(13)12-15/h13-16H,1-9,11-12H2. The summed E-state index contributed by atoms with van der Waals surface area (Å²) in [6.07, 6.45) is 11.8. The van der Waals surface area contributed by atoms with Crippen molar-refractivity contribution in [1.82, 2.24) is 4.90 Å². The molecular formula is C17H26N2O. The lowest BCUT2D eigenvalue weighted by Crippen LogP contribution is -2.41. The van der Waals surface area contributed by atoms with E-state index in [9.17, 15) is 4.79 Å². The third-order valence-corrected chi connectivity index (χ3v) is 5.62. The van der Waals surface area contributed by atoms with Crippen LogP contribution in [-0.2, 0) is 4.79 Å². The molecule has 3 fully saturated rings. The number of amides is 1. The molecule has 0 N–H and O–H groups in total. The van der Waals surface area contributed by atoms with Crippen LogP contribution in [0, 0.1) is 29.1 Å². The number of carbonyl (C=O) groups excluding carboxylic acids is 1. The third-order valence-electron chi connectivity index (χ3n) is 5.62. The highest BCUT2D eigenvalue weighted by atomic mass is 16.2. The SMILES string of the molecule is N#CCCN(C(=O)C1CCC2CCCCC2C1)C1CC1. The first-order valence-corrected chi connectivity index (χ1v) is 8.47. The first-order valence-electron chi connectivity index (χ1n) is 8.47. The van der Waals surface area contributed by atoms with Gasteiger partial charge in [0.15, 0.2) is 0 Å². The predicted molar refractivity (Wildman–Crippen MR) is 77.8 cm³/mol. The number of carbonyl (C=O) groups is 1.